The molecule has 1 saturated heterocycles. The van der Waals surface area contributed by atoms with E-state index in [4.69, 9.17) is 14.7 Å². The third-order valence-corrected chi connectivity index (χ3v) is 3.38. The molecule has 1 rings (SSSR count). The SMILES string of the molecule is CC/C(C)=C\CC/C(=C/C#N)COC1CCCCO1. The van der Waals surface area contributed by atoms with Crippen LogP contribution in [0.2, 0.25) is 0 Å². The van der Waals surface area contributed by atoms with Crippen molar-refractivity contribution >= 4 is 0 Å². The molecule has 1 heterocycles. The van der Waals surface area contributed by atoms with Crippen molar-refractivity contribution in [2.75, 3.05) is 13.2 Å². The fraction of sp³-hybridized carbons (Fsp3) is 0.688. The minimum atomic E-state index is -0.0798. The van der Waals surface area contributed by atoms with Gasteiger partial charge in [-0.1, -0.05) is 18.6 Å². The lowest BCUT2D eigenvalue weighted by Crippen LogP contribution is -2.23. The highest BCUT2D eigenvalue weighted by Gasteiger charge is 2.14. The predicted molar refractivity (Wildman–Crippen MR) is 76.5 cm³/mol. The molecule has 1 fully saturated rings. The van der Waals surface area contributed by atoms with E-state index in [0.29, 0.717) is 6.61 Å². The minimum absolute atomic E-state index is 0.0798. The summed E-state index contributed by atoms with van der Waals surface area (Å²) in [6, 6.07) is 2.10. The number of allylic oxidation sites excluding steroid dienone is 3. The standard InChI is InChI=1S/C16H25NO2/c1-3-14(2)7-6-8-15(10-11-17)13-19-16-9-4-5-12-18-16/h7,10,16H,3-6,8-9,12-13H2,1-2H3/b14-7-,15-10-. The fourth-order valence-corrected chi connectivity index (χ4v) is 1.97. The van der Waals surface area contributed by atoms with Crippen LogP contribution in [0.5, 0.6) is 0 Å². The molecule has 1 atom stereocenters. The zero-order chi connectivity index (χ0) is 13.9. The van der Waals surface area contributed by atoms with Crippen LogP contribution in [0.15, 0.2) is 23.3 Å². The first-order chi connectivity index (χ1) is 9.26. The molecule has 0 aromatic carbocycles. The van der Waals surface area contributed by atoms with Crippen molar-refractivity contribution in [1.29, 1.82) is 5.26 Å². The summed E-state index contributed by atoms with van der Waals surface area (Å²) < 4.78 is 11.2. The zero-order valence-corrected chi connectivity index (χ0v) is 12.2. The monoisotopic (exact) mass is 263 g/mol. The summed E-state index contributed by atoms with van der Waals surface area (Å²) in [5.74, 6) is 0. The Hall–Kier alpha value is -1.11. The Morgan fingerprint density at radius 2 is 2.32 bits per heavy atom. The number of hydrogen-bond acceptors (Lipinski definition) is 3. The first kappa shape index (κ1) is 15.9. The lowest BCUT2D eigenvalue weighted by molar-refractivity contribution is -0.157. The van der Waals surface area contributed by atoms with Crippen LogP contribution in [0.25, 0.3) is 0 Å². The van der Waals surface area contributed by atoms with Gasteiger partial charge < -0.3 is 9.47 Å². The van der Waals surface area contributed by atoms with Gasteiger partial charge in [0.25, 0.3) is 0 Å². The Balaban J connectivity index is 2.32. The van der Waals surface area contributed by atoms with E-state index in [2.05, 4.69) is 26.0 Å². The second-order valence-electron chi connectivity index (χ2n) is 4.98. The molecule has 0 saturated carbocycles. The minimum Gasteiger partial charge on any atom is -0.353 e. The molecule has 0 amide bonds. The number of hydrogen-bond donors (Lipinski definition) is 0. The summed E-state index contributed by atoms with van der Waals surface area (Å²) in [5.41, 5.74) is 2.45. The lowest BCUT2D eigenvalue weighted by atomic mass is 10.1. The average molecular weight is 263 g/mol. The van der Waals surface area contributed by atoms with Crippen LogP contribution in [0.1, 0.15) is 52.4 Å². The van der Waals surface area contributed by atoms with Gasteiger partial charge in [0.05, 0.1) is 12.7 Å². The molecule has 0 spiro atoms. The summed E-state index contributed by atoms with van der Waals surface area (Å²) in [6.07, 6.45) is 9.98. The van der Waals surface area contributed by atoms with Crippen molar-refractivity contribution in [3.05, 3.63) is 23.3 Å². The molecule has 0 bridgehead atoms. The average Bonchev–Trinajstić information content (AvgIpc) is 2.45. The summed E-state index contributed by atoms with van der Waals surface area (Å²) in [4.78, 5) is 0. The number of ether oxygens (including phenoxy) is 2. The van der Waals surface area contributed by atoms with Crippen molar-refractivity contribution < 1.29 is 9.47 Å². The molecule has 1 aliphatic rings. The summed E-state index contributed by atoms with van der Waals surface area (Å²) in [6.45, 7) is 5.60. The third kappa shape index (κ3) is 7.15. The maximum Gasteiger partial charge on any atom is 0.158 e. The van der Waals surface area contributed by atoms with Crippen molar-refractivity contribution in [1.82, 2.24) is 0 Å². The van der Waals surface area contributed by atoms with Crippen LogP contribution in [-0.4, -0.2) is 19.5 Å². The number of nitriles is 1. The van der Waals surface area contributed by atoms with Crippen LogP contribution in [-0.2, 0) is 9.47 Å². The predicted octanol–water partition coefficient (Wildman–Crippen LogP) is 4.12. The normalized spacial score (nSPS) is 21.2. The van der Waals surface area contributed by atoms with Crippen LogP contribution >= 0.6 is 0 Å². The van der Waals surface area contributed by atoms with Gasteiger partial charge >= 0.3 is 0 Å². The molecule has 0 aliphatic carbocycles. The Morgan fingerprint density at radius 1 is 1.47 bits per heavy atom. The van der Waals surface area contributed by atoms with E-state index in [1.54, 1.807) is 6.08 Å². The molecule has 1 aliphatic heterocycles. The van der Waals surface area contributed by atoms with Gasteiger partial charge in [-0.3, -0.25) is 0 Å². The van der Waals surface area contributed by atoms with E-state index in [0.717, 1.165) is 44.3 Å². The van der Waals surface area contributed by atoms with E-state index in [9.17, 15) is 0 Å². The Bertz CT molecular complexity index is 346. The third-order valence-electron chi connectivity index (χ3n) is 3.38. The highest BCUT2D eigenvalue weighted by molar-refractivity contribution is 5.15. The summed E-state index contributed by atoms with van der Waals surface area (Å²) in [7, 11) is 0. The fourth-order valence-electron chi connectivity index (χ4n) is 1.97. The van der Waals surface area contributed by atoms with Gasteiger partial charge in [0, 0.05) is 12.7 Å². The van der Waals surface area contributed by atoms with Gasteiger partial charge in [0.15, 0.2) is 6.29 Å². The van der Waals surface area contributed by atoms with E-state index in [-0.39, 0.29) is 6.29 Å². The van der Waals surface area contributed by atoms with Crippen LogP contribution in [0.3, 0.4) is 0 Å². The van der Waals surface area contributed by atoms with E-state index >= 15 is 0 Å². The van der Waals surface area contributed by atoms with Gasteiger partial charge in [0.2, 0.25) is 0 Å². The maximum absolute atomic E-state index is 8.80. The highest BCUT2D eigenvalue weighted by Crippen LogP contribution is 2.16. The van der Waals surface area contributed by atoms with Gasteiger partial charge in [0.1, 0.15) is 0 Å². The van der Waals surface area contributed by atoms with E-state index < -0.39 is 0 Å². The summed E-state index contributed by atoms with van der Waals surface area (Å²) in [5, 5.41) is 8.80. The van der Waals surface area contributed by atoms with Crippen molar-refractivity contribution in [2.24, 2.45) is 0 Å². The van der Waals surface area contributed by atoms with Crippen LogP contribution in [0, 0.1) is 11.3 Å². The Labute approximate surface area is 116 Å². The number of rotatable bonds is 7. The van der Waals surface area contributed by atoms with Gasteiger partial charge in [-0.05, 0) is 51.0 Å². The highest BCUT2D eigenvalue weighted by atomic mass is 16.7. The molecule has 3 heteroatoms. The zero-order valence-electron chi connectivity index (χ0n) is 12.2. The lowest BCUT2D eigenvalue weighted by Gasteiger charge is -2.23. The topological polar surface area (TPSA) is 42.2 Å². The van der Waals surface area contributed by atoms with Gasteiger partial charge in [-0.25, -0.2) is 0 Å². The second kappa shape index (κ2) is 9.77. The molecule has 1 unspecified atom stereocenters. The van der Waals surface area contributed by atoms with Crippen molar-refractivity contribution in [2.45, 2.75) is 58.7 Å². The van der Waals surface area contributed by atoms with Crippen LogP contribution < -0.4 is 0 Å². The molecule has 0 radical (unpaired) electrons. The Kier molecular flexibility index (Phi) is 8.20. The molecule has 0 N–H and O–H groups in total. The second-order valence-corrected chi connectivity index (χ2v) is 4.98. The molecule has 19 heavy (non-hydrogen) atoms. The Morgan fingerprint density at radius 3 is 2.95 bits per heavy atom. The first-order valence-corrected chi connectivity index (χ1v) is 7.22. The van der Waals surface area contributed by atoms with Crippen LogP contribution in [0.4, 0.5) is 0 Å². The quantitative estimate of drug-likeness (QED) is 0.512. The molecular formula is C16H25NO2. The smallest absolute Gasteiger partial charge is 0.158 e. The molecule has 3 nitrogen and oxygen atoms in total. The van der Waals surface area contributed by atoms with E-state index in [1.807, 2.05) is 0 Å². The summed E-state index contributed by atoms with van der Waals surface area (Å²) >= 11 is 0. The largest absolute Gasteiger partial charge is 0.353 e. The van der Waals surface area contributed by atoms with Crippen molar-refractivity contribution in [3.63, 3.8) is 0 Å². The van der Waals surface area contributed by atoms with Crippen molar-refractivity contribution in [3.8, 4) is 6.07 Å². The van der Waals surface area contributed by atoms with Gasteiger partial charge in [-0.2, -0.15) is 5.26 Å². The first-order valence-electron chi connectivity index (χ1n) is 7.22. The molecule has 0 aromatic heterocycles. The molecular weight excluding hydrogens is 238 g/mol. The number of nitrogens with zero attached hydrogens (tertiary/aromatic N) is 1. The molecule has 0 aromatic rings. The molecule has 106 valence electrons. The van der Waals surface area contributed by atoms with E-state index in [1.165, 1.54) is 12.0 Å². The maximum atomic E-state index is 8.80. The van der Waals surface area contributed by atoms with Gasteiger partial charge in [-0.15, -0.1) is 0 Å².